The molecule has 1 fully saturated rings. The summed E-state index contributed by atoms with van der Waals surface area (Å²) in [6.07, 6.45) is 6.84. The van der Waals surface area contributed by atoms with E-state index in [4.69, 9.17) is 16.9 Å². The maximum Gasteiger partial charge on any atom is 0.0992 e. The van der Waals surface area contributed by atoms with Gasteiger partial charge in [-0.3, -0.25) is 0 Å². The van der Waals surface area contributed by atoms with E-state index in [1.54, 1.807) is 6.07 Å². The summed E-state index contributed by atoms with van der Waals surface area (Å²) in [7, 11) is 0. The quantitative estimate of drug-likeness (QED) is 0.785. The molecule has 3 heteroatoms. The fourth-order valence-electron chi connectivity index (χ4n) is 2.17. The Kier molecular flexibility index (Phi) is 4.76. The molecule has 0 bridgehead atoms. The number of hydrogen-bond donors (Lipinski definition) is 0. The SMILES string of the molecule is N#Cc1ccc(CSC2CCCCC2)c(Cl)c1. The van der Waals surface area contributed by atoms with E-state index >= 15 is 0 Å². The van der Waals surface area contributed by atoms with Gasteiger partial charge in [0, 0.05) is 16.0 Å². The van der Waals surface area contributed by atoms with Gasteiger partial charge in [0.1, 0.15) is 0 Å². The van der Waals surface area contributed by atoms with Crippen molar-refractivity contribution in [2.24, 2.45) is 0 Å². The molecule has 1 aliphatic carbocycles. The van der Waals surface area contributed by atoms with Crippen molar-refractivity contribution in [3.63, 3.8) is 0 Å². The Balaban J connectivity index is 1.92. The smallest absolute Gasteiger partial charge is 0.0992 e. The number of nitrogens with zero attached hydrogens (tertiary/aromatic N) is 1. The molecule has 0 amide bonds. The van der Waals surface area contributed by atoms with Crippen molar-refractivity contribution in [2.75, 3.05) is 0 Å². The molecule has 1 saturated carbocycles. The molecule has 0 saturated heterocycles. The molecule has 1 aromatic rings. The molecule has 0 aliphatic heterocycles. The van der Waals surface area contributed by atoms with Crippen LogP contribution in [0.5, 0.6) is 0 Å². The molecule has 1 aliphatic rings. The van der Waals surface area contributed by atoms with Gasteiger partial charge in [-0.2, -0.15) is 17.0 Å². The van der Waals surface area contributed by atoms with E-state index in [2.05, 4.69) is 6.07 Å². The van der Waals surface area contributed by atoms with Crippen LogP contribution in [0, 0.1) is 11.3 Å². The zero-order valence-corrected chi connectivity index (χ0v) is 11.4. The summed E-state index contributed by atoms with van der Waals surface area (Å²) in [5.74, 6) is 0.967. The van der Waals surface area contributed by atoms with E-state index in [0.717, 1.165) is 21.6 Å². The first-order chi connectivity index (χ1) is 8.29. The molecule has 0 radical (unpaired) electrons. The predicted molar refractivity (Wildman–Crippen MR) is 74.3 cm³/mol. The molecule has 0 aromatic heterocycles. The van der Waals surface area contributed by atoms with Gasteiger partial charge in [0.15, 0.2) is 0 Å². The van der Waals surface area contributed by atoms with E-state index in [0.29, 0.717) is 5.56 Å². The summed E-state index contributed by atoms with van der Waals surface area (Å²) in [6, 6.07) is 7.70. The van der Waals surface area contributed by atoms with Crippen LogP contribution in [0.25, 0.3) is 0 Å². The standard InChI is InChI=1S/C14H16ClNS/c15-14-8-11(9-16)6-7-12(14)10-17-13-4-2-1-3-5-13/h6-8,13H,1-5,10H2. The van der Waals surface area contributed by atoms with Crippen LogP contribution in [-0.4, -0.2) is 5.25 Å². The number of benzene rings is 1. The topological polar surface area (TPSA) is 23.8 Å². The molecule has 1 nitrogen and oxygen atoms in total. The summed E-state index contributed by atoms with van der Waals surface area (Å²) in [5, 5.41) is 10.3. The predicted octanol–water partition coefficient (Wildman–Crippen LogP) is 4.78. The summed E-state index contributed by atoms with van der Waals surface area (Å²) in [6.45, 7) is 0. The fraction of sp³-hybridized carbons (Fsp3) is 0.500. The Labute approximate surface area is 112 Å². The van der Waals surface area contributed by atoms with Crippen LogP contribution in [0.3, 0.4) is 0 Å². The monoisotopic (exact) mass is 265 g/mol. The minimum absolute atomic E-state index is 0.640. The highest BCUT2D eigenvalue weighted by Gasteiger charge is 2.14. The van der Waals surface area contributed by atoms with Gasteiger partial charge in [-0.25, -0.2) is 0 Å². The van der Waals surface area contributed by atoms with Crippen molar-refractivity contribution < 1.29 is 0 Å². The van der Waals surface area contributed by atoms with Gasteiger partial charge in [-0.15, -0.1) is 0 Å². The van der Waals surface area contributed by atoms with Gasteiger partial charge >= 0.3 is 0 Å². The van der Waals surface area contributed by atoms with Gasteiger partial charge in [0.25, 0.3) is 0 Å². The van der Waals surface area contributed by atoms with Gasteiger partial charge in [-0.05, 0) is 30.5 Å². The van der Waals surface area contributed by atoms with Crippen molar-refractivity contribution >= 4 is 23.4 Å². The zero-order chi connectivity index (χ0) is 12.1. The number of hydrogen-bond acceptors (Lipinski definition) is 2. The van der Waals surface area contributed by atoms with Crippen molar-refractivity contribution in [3.8, 4) is 6.07 Å². The second-order valence-electron chi connectivity index (χ2n) is 4.49. The number of thioether (sulfide) groups is 1. The molecular weight excluding hydrogens is 250 g/mol. The molecular formula is C14H16ClNS. The molecule has 0 spiro atoms. The minimum Gasteiger partial charge on any atom is -0.192 e. The second-order valence-corrected chi connectivity index (χ2v) is 6.18. The van der Waals surface area contributed by atoms with E-state index in [9.17, 15) is 0 Å². The van der Waals surface area contributed by atoms with Gasteiger partial charge in [0.05, 0.1) is 11.6 Å². The van der Waals surface area contributed by atoms with E-state index in [1.165, 1.54) is 32.1 Å². The maximum atomic E-state index is 8.77. The number of halogens is 1. The molecule has 0 N–H and O–H groups in total. The molecule has 0 heterocycles. The Bertz CT molecular complexity index is 419. The Hall–Kier alpha value is -0.650. The first-order valence-corrected chi connectivity index (χ1v) is 7.52. The van der Waals surface area contributed by atoms with E-state index < -0.39 is 0 Å². The van der Waals surface area contributed by atoms with Crippen LogP contribution in [0.15, 0.2) is 18.2 Å². The average molecular weight is 266 g/mol. The Morgan fingerprint density at radius 1 is 1.29 bits per heavy atom. The number of nitriles is 1. The highest BCUT2D eigenvalue weighted by molar-refractivity contribution is 7.99. The Morgan fingerprint density at radius 2 is 2.06 bits per heavy atom. The van der Waals surface area contributed by atoms with Gasteiger partial charge in [0.2, 0.25) is 0 Å². The molecule has 2 rings (SSSR count). The molecule has 1 aromatic carbocycles. The summed E-state index contributed by atoms with van der Waals surface area (Å²) in [5.41, 5.74) is 1.79. The molecule has 0 unspecified atom stereocenters. The van der Waals surface area contributed by atoms with Crippen molar-refractivity contribution in [3.05, 3.63) is 34.3 Å². The van der Waals surface area contributed by atoms with Crippen molar-refractivity contribution in [1.29, 1.82) is 5.26 Å². The maximum absolute atomic E-state index is 8.77. The number of rotatable bonds is 3. The van der Waals surface area contributed by atoms with Gasteiger partial charge in [-0.1, -0.05) is 36.9 Å². The fourth-order valence-corrected chi connectivity index (χ4v) is 3.83. The van der Waals surface area contributed by atoms with Crippen LogP contribution in [0.4, 0.5) is 0 Å². The van der Waals surface area contributed by atoms with Crippen LogP contribution in [-0.2, 0) is 5.75 Å². The Morgan fingerprint density at radius 3 is 2.71 bits per heavy atom. The zero-order valence-electron chi connectivity index (χ0n) is 9.79. The third kappa shape index (κ3) is 3.66. The molecule has 0 atom stereocenters. The first-order valence-electron chi connectivity index (χ1n) is 6.10. The summed E-state index contributed by atoms with van der Waals surface area (Å²) in [4.78, 5) is 0. The second kappa shape index (κ2) is 6.33. The lowest BCUT2D eigenvalue weighted by Crippen LogP contribution is -2.08. The highest BCUT2D eigenvalue weighted by Crippen LogP contribution is 2.32. The highest BCUT2D eigenvalue weighted by atomic mass is 35.5. The first kappa shape index (κ1) is 12.8. The summed E-state index contributed by atoms with van der Waals surface area (Å²) >= 11 is 8.17. The average Bonchev–Trinajstić information content (AvgIpc) is 2.38. The van der Waals surface area contributed by atoms with Crippen LogP contribution < -0.4 is 0 Å². The largest absolute Gasteiger partial charge is 0.192 e. The van der Waals surface area contributed by atoms with Crippen molar-refractivity contribution in [2.45, 2.75) is 43.1 Å². The van der Waals surface area contributed by atoms with Crippen molar-refractivity contribution in [1.82, 2.24) is 0 Å². The normalized spacial score (nSPS) is 16.7. The van der Waals surface area contributed by atoms with Crippen LogP contribution in [0.1, 0.15) is 43.2 Å². The summed E-state index contributed by atoms with van der Waals surface area (Å²) < 4.78 is 0. The molecule has 90 valence electrons. The lowest BCUT2D eigenvalue weighted by molar-refractivity contribution is 0.516. The third-order valence-electron chi connectivity index (χ3n) is 3.21. The van der Waals surface area contributed by atoms with Gasteiger partial charge < -0.3 is 0 Å². The third-order valence-corrected chi connectivity index (χ3v) is 4.98. The lowest BCUT2D eigenvalue weighted by atomic mass is 10.0. The molecule has 17 heavy (non-hydrogen) atoms. The lowest BCUT2D eigenvalue weighted by Gasteiger charge is -2.21. The van der Waals surface area contributed by atoms with E-state index in [1.807, 2.05) is 23.9 Å². The van der Waals surface area contributed by atoms with Crippen LogP contribution >= 0.6 is 23.4 Å². The van der Waals surface area contributed by atoms with E-state index in [-0.39, 0.29) is 0 Å². The minimum atomic E-state index is 0.640. The van der Waals surface area contributed by atoms with Crippen LogP contribution in [0.2, 0.25) is 5.02 Å².